The van der Waals surface area contributed by atoms with Crippen molar-refractivity contribution in [3.63, 3.8) is 0 Å². The van der Waals surface area contributed by atoms with Crippen LogP contribution in [0.1, 0.15) is 28.6 Å². The number of fused-ring (bicyclic) bond motifs is 1. The van der Waals surface area contributed by atoms with Crippen molar-refractivity contribution in [1.82, 2.24) is 0 Å². The number of carbonyl (C=O) groups excluding carboxylic acids is 1. The highest BCUT2D eigenvalue weighted by Crippen LogP contribution is 2.36. The van der Waals surface area contributed by atoms with Crippen LogP contribution in [-0.2, 0) is 11.3 Å². The van der Waals surface area contributed by atoms with Gasteiger partial charge in [-0.2, -0.15) is 0 Å². The second kappa shape index (κ2) is 7.68. The maximum absolute atomic E-state index is 13.1. The lowest BCUT2D eigenvalue weighted by atomic mass is 10.1. The van der Waals surface area contributed by atoms with Gasteiger partial charge in [-0.25, -0.2) is 9.18 Å². The minimum atomic E-state index is -0.446. The van der Waals surface area contributed by atoms with Crippen LogP contribution in [0.3, 0.4) is 0 Å². The molecule has 1 aromatic heterocycles. The van der Waals surface area contributed by atoms with Gasteiger partial charge in [-0.1, -0.05) is 17.7 Å². The van der Waals surface area contributed by atoms with E-state index < -0.39 is 11.8 Å². The van der Waals surface area contributed by atoms with E-state index in [0.717, 1.165) is 0 Å². The number of esters is 1. The van der Waals surface area contributed by atoms with E-state index in [1.807, 2.05) is 0 Å². The lowest BCUT2D eigenvalue weighted by Crippen LogP contribution is -2.05. The van der Waals surface area contributed by atoms with E-state index in [4.69, 9.17) is 25.5 Å². The van der Waals surface area contributed by atoms with Gasteiger partial charge in [-0.15, -0.1) is 0 Å². The fraction of sp³-hybridized carbons (Fsp3) is 0.211. The molecule has 1 heterocycles. The molecule has 0 aliphatic rings. The molecule has 2 aromatic carbocycles. The van der Waals surface area contributed by atoms with E-state index >= 15 is 0 Å². The Labute approximate surface area is 163 Å². The van der Waals surface area contributed by atoms with Gasteiger partial charge in [0, 0.05) is 10.9 Å². The van der Waals surface area contributed by atoms with Crippen molar-refractivity contribution in [1.29, 1.82) is 0 Å². The highest BCUT2D eigenvalue weighted by Gasteiger charge is 2.21. The number of carbonyl (C=O) groups is 1. The zero-order chi connectivity index (χ0) is 18.8. The Morgan fingerprint density at radius 1 is 1.31 bits per heavy atom. The fourth-order valence-electron chi connectivity index (χ4n) is 2.58. The van der Waals surface area contributed by atoms with Crippen LogP contribution in [0.4, 0.5) is 4.39 Å². The molecule has 0 saturated heterocycles. The van der Waals surface area contributed by atoms with Crippen LogP contribution in [0.15, 0.2) is 39.2 Å². The first-order valence-electron chi connectivity index (χ1n) is 7.87. The Morgan fingerprint density at radius 3 is 2.77 bits per heavy atom. The Hall–Kier alpha value is -2.05. The molecule has 26 heavy (non-hydrogen) atoms. The molecule has 3 rings (SSSR count). The standard InChI is InChI=1S/C19H15BrClFO4/c1-3-24-19(23)18-10(2)26-16-8-14(20)17(7-13(16)18)25-9-11-4-5-12(22)6-15(11)21/h4-8H,3,9H2,1-2H3. The molecule has 0 spiro atoms. The number of benzene rings is 2. The van der Waals surface area contributed by atoms with Crippen LogP contribution in [0.5, 0.6) is 5.75 Å². The molecular weight excluding hydrogens is 427 g/mol. The third kappa shape index (κ3) is 3.71. The van der Waals surface area contributed by atoms with Gasteiger partial charge in [-0.3, -0.25) is 0 Å². The Kier molecular flexibility index (Phi) is 5.53. The fourth-order valence-corrected chi connectivity index (χ4v) is 3.24. The third-order valence-electron chi connectivity index (χ3n) is 3.80. The minimum absolute atomic E-state index is 0.148. The van der Waals surface area contributed by atoms with E-state index in [-0.39, 0.29) is 18.2 Å². The molecule has 136 valence electrons. The maximum Gasteiger partial charge on any atom is 0.342 e. The summed E-state index contributed by atoms with van der Waals surface area (Å²) in [4.78, 5) is 12.2. The zero-order valence-electron chi connectivity index (χ0n) is 14.1. The maximum atomic E-state index is 13.1. The average molecular weight is 442 g/mol. The van der Waals surface area contributed by atoms with Crippen molar-refractivity contribution < 1.29 is 23.1 Å². The SMILES string of the molecule is CCOC(=O)c1c(C)oc2cc(Br)c(OCc3ccc(F)cc3Cl)cc12. The number of halogens is 3. The molecule has 0 bridgehead atoms. The summed E-state index contributed by atoms with van der Waals surface area (Å²) in [5.41, 5.74) is 1.57. The third-order valence-corrected chi connectivity index (χ3v) is 4.77. The normalized spacial score (nSPS) is 11.0. The Bertz CT molecular complexity index is 983. The number of aryl methyl sites for hydroxylation is 1. The Balaban J connectivity index is 1.94. The highest BCUT2D eigenvalue weighted by molar-refractivity contribution is 9.10. The van der Waals surface area contributed by atoms with Crippen molar-refractivity contribution in [2.24, 2.45) is 0 Å². The number of rotatable bonds is 5. The first-order chi connectivity index (χ1) is 12.4. The van der Waals surface area contributed by atoms with Crippen LogP contribution in [0.25, 0.3) is 11.0 Å². The summed E-state index contributed by atoms with van der Waals surface area (Å²) in [7, 11) is 0. The van der Waals surface area contributed by atoms with Crippen LogP contribution < -0.4 is 4.74 Å². The molecule has 4 nitrogen and oxygen atoms in total. The highest BCUT2D eigenvalue weighted by atomic mass is 79.9. The Morgan fingerprint density at radius 2 is 2.08 bits per heavy atom. The van der Waals surface area contributed by atoms with Gasteiger partial charge in [0.15, 0.2) is 0 Å². The molecule has 7 heteroatoms. The first kappa shape index (κ1) is 18.7. The van der Waals surface area contributed by atoms with E-state index in [1.54, 1.807) is 32.0 Å². The minimum Gasteiger partial charge on any atom is -0.488 e. The van der Waals surface area contributed by atoms with Gasteiger partial charge in [0.25, 0.3) is 0 Å². The van der Waals surface area contributed by atoms with Crippen molar-refractivity contribution >= 4 is 44.5 Å². The van der Waals surface area contributed by atoms with Gasteiger partial charge < -0.3 is 13.9 Å². The van der Waals surface area contributed by atoms with E-state index in [2.05, 4.69) is 15.9 Å². The monoisotopic (exact) mass is 440 g/mol. The quantitative estimate of drug-likeness (QED) is 0.452. The molecule has 0 fully saturated rings. The summed E-state index contributed by atoms with van der Waals surface area (Å²) in [6.45, 7) is 3.87. The summed E-state index contributed by atoms with van der Waals surface area (Å²) in [6.07, 6.45) is 0. The van der Waals surface area contributed by atoms with Crippen molar-refractivity contribution in [2.45, 2.75) is 20.5 Å². The van der Waals surface area contributed by atoms with Gasteiger partial charge in [-0.05, 0) is 54.0 Å². The van der Waals surface area contributed by atoms with Gasteiger partial charge in [0.2, 0.25) is 0 Å². The van der Waals surface area contributed by atoms with E-state index in [0.29, 0.717) is 38.1 Å². The molecule has 0 saturated carbocycles. The van der Waals surface area contributed by atoms with Crippen LogP contribution in [-0.4, -0.2) is 12.6 Å². The number of hydrogen-bond acceptors (Lipinski definition) is 4. The van der Waals surface area contributed by atoms with E-state index in [1.165, 1.54) is 12.1 Å². The number of hydrogen-bond donors (Lipinski definition) is 0. The van der Waals surface area contributed by atoms with Crippen molar-refractivity contribution in [2.75, 3.05) is 6.61 Å². The van der Waals surface area contributed by atoms with Crippen LogP contribution >= 0.6 is 27.5 Å². The number of furan rings is 1. The van der Waals surface area contributed by atoms with E-state index in [9.17, 15) is 9.18 Å². The summed E-state index contributed by atoms with van der Waals surface area (Å²) in [5, 5.41) is 0.887. The van der Waals surface area contributed by atoms with Crippen LogP contribution in [0, 0.1) is 12.7 Å². The predicted octanol–water partition coefficient (Wildman–Crippen LogP) is 6.05. The van der Waals surface area contributed by atoms with Gasteiger partial charge in [0.05, 0.1) is 16.1 Å². The molecule has 0 aliphatic carbocycles. The topological polar surface area (TPSA) is 48.7 Å². The lowest BCUT2D eigenvalue weighted by Gasteiger charge is -2.10. The second-order valence-electron chi connectivity index (χ2n) is 5.56. The van der Waals surface area contributed by atoms with Gasteiger partial charge >= 0.3 is 5.97 Å². The molecule has 0 unspecified atom stereocenters. The molecule has 0 aliphatic heterocycles. The second-order valence-corrected chi connectivity index (χ2v) is 6.82. The molecule has 0 radical (unpaired) electrons. The van der Waals surface area contributed by atoms with Crippen molar-refractivity contribution in [3.8, 4) is 5.75 Å². The smallest absolute Gasteiger partial charge is 0.342 e. The summed E-state index contributed by atoms with van der Waals surface area (Å²) >= 11 is 9.46. The molecule has 0 N–H and O–H groups in total. The van der Waals surface area contributed by atoms with Crippen LogP contribution in [0.2, 0.25) is 5.02 Å². The molecule has 0 amide bonds. The van der Waals surface area contributed by atoms with Gasteiger partial charge in [0.1, 0.15) is 35.1 Å². The largest absolute Gasteiger partial charge is 0.488 e. The molecule has 0 atom stereocenters. The molecule has 3 aromatic rings. The lowest BCUT2D eigenvalue weighted by molar-refractivity contribution is 0.0526. The average Bonchev–Trinajstić information content (AvgIpc) is 2.89. The number of ether oxygens (including phenoxy) is 2. The summed E-state index contributed by atoms with van der Waals surface area (Å²) < 4.78 is 30.4. The summed E-state index contributed by atoms with van der Waals surface area (Å²) in [5.74, 6) is 0.126. The summed E-state index contributed by atoms with van der Waals surface area (Å²) in [6, 6.07) is 7.56. The zero-order valence-corrected chi connectivity index (χ0v) is 16.4. The van der Waals surface area contributed by atoms with Crippen molar-refractivity contribution in [3.05, 3.63) is 62.5 Å². The molecular formula is C19H15BrClFO4. The first-order valence-corrected chi connectivity index (χ1v) is 9.04. The predicted molar refractivity (Wildman–Crippen MR) is 100 cm³/mol.